The molecule has 326 valence electrons. The zero-order valence-corrected chi connectivity index (χ0v) is 37.2. The lowest BCUT2D eigenvalue weighted by atomic mass is 10.0. The van der Waals surface area contributed by atoms with Crippen LogP contribution in [-0.4, -0.2) is 37.2 Å². The summed E-state index contributed by atoms with van der Waals surface area (Å²) >= 11 is 0. The molecular formula is C50H90O6. The molecule has 0 aromatic rings. The number of allylic oxidation sites excluding steroid dienone is 6. The molecule has 0 aromatic carbocycles. The van der Waals surface area contributed by atoms with Crippen molar-refractivity contribution in [3.05, 3.63) is 36.5 Å². The second kappa shape index (κ2) is 45.3. The van der Waals surface area contributed by atoms with Crippen LogP contribution in [0.3, 0.4) is 0 Å². The Balaban J connectivity index is 4.38. The van der Waals surface area contributed by atoms with Crippen LogP contribution in [0.25, 0.3) is 0 Å². The predicted octanol–water partition coefficient (Wildman–Crippen LogP) is 15.4. The topological polar surface area (TPSA) is 78.9 Å². The van der Waals surface area contributed by atoms with E-state index in [9.17, 15) is 14.4 Å². The molecule has 56 heavy (non-hydrogen) atoms. The fraction of sp³-hybridized carbons (Fsp3) is 0.820. The molecule has 0 unspecified atom stereocenters. The van der Waals surface area contributed by atoms with E-state index in [1.54, 1.807) is 0 Å². The van der Waals surface area contributed by atoms with Gasteiger partial charge >= 0.3 is 17.9 Å². The second-order valence-corrected chi connectivity index (χ2v) is 16.0. The van der Waals surface area contributed by atoms with Crippen molar-refractivity contribution in [3.63, 3.8) is 0 Å². The van der Waals surface area contributed by atoms with Gasteiger partial charge in [-0.15, -0.1) is 0 Å². The molecule has 0 saturated carbocycles. The zero-order valence-electron chi connectivity index (χ0n) is 37.2. The molecule has 0 bridgehead atoms. The lowest BCUT2D eigenvalue weighted by molar-refractivity contribution is -0.167. The molecule has 6 heteroatoms. The normalized spacial score (nSPS) is 12.3. The van der Waals surface area contributed by atoms with Gasteiger partial charge < -0.3 is 14.2 Å². The molecule has 0 aliphatic rings. The zero-order chi connectivity index (χ0) is 40.8. The van der Waals surface area contributed by atoms with Crippen LogP contribution in [0, 0.1) is 0 Å². The van der Waals surface area contributed by atoms with Gasteiger partial charge in [0.05, 0.1) is 0 Å². The first-order chi connectivity index (χ1) is 27.5. The first-order valence-electron chi connectivity index (χ1n) is 24.0. The molecule has 0 radical (unpaired) electrons. The van der Waals surface area contributed by atoms with Gasteiger partial charge in [-0.25, -0.2) is 0 Å². The Morgan fingerprint density at radius 1 is 0.375 bits per heavy atom. The Hall–Kier alpha value is -2.37. The van der Waals surface area contributed by atoms with Crippen molar-refractivity contribution in [3.8, 4) is 0 Å². The van der Waals surface area contributed by atoms with Crippen LogP contribution in [0.2, 0.25) is 0 Å². The Bertz CT molecular complexity index is 953. The van der Waals surface area contributed by atoms with Crippen LogP contribution < -0.4 is 0 Å². The van der Waals surface area contributed by atoms with Gasteiger partial charge in [-0.2, -0.15) is 0 Å². The largest absolute Gasteiger partial charge is 0.462 e. The number of carbonyl (C=O) groups is 3. The van der Waals surface area contributed by atoms with E-state index in [0.29, 0.717) is 19.3 Å². The molecule has 0 spiro atoms. The van der Waals surface area contributed by atoms with Crippen LogP contribution in [-0.2, 0) is 28.6 Å². The van der Waals surface area contributed by atoms with E-state index in [0.717, 1.165) is 96.3 Å². The lowest BCUT2D eigenvalue weighted by Gasteiger charge is -2.18. The van der Waals surface area contributed by atoms with Crippen molar-refractivity contribution in [1.82, 2.24) is 0 Å². The Kier molecular flexibility index (Phi) is 43.4. The van der Waals surface area contributed by atoms with Crippen LogP contribution in [0.15, 0.2) is 36.5 Å². The van der Waals surface area contributed by atoms with Gasteiger partial charge in [-0.05, 0) is 51.4 Å². The van der Waals surface area contributed by atoms with Crippen molar-refractivity contribution in [2.75, 3.05) is 13.2 Å². The van der Waals surface area contributed by atoms with Gasteiger partial charge in [-0.3, -0.25) is 14.4 Å². The summed E-state index contributed by atoms with van der Waals surface area (Å²) in [6.45, 7) is 6.51. The van der Waals surface area contributed by atoms with Crippen LogP contribution in [0.5, 0.6) is 0 Å². The Morgan fingerprint density at radius 2 is 0.696 bits per heavy atom. The first-order valence-corrected chi connectivity index (χ1v) is 24.0. The number of hydrogen-bond acceptors (Lipinski definition) is 6. The number of ether oxygens (including phenoxy) is 3. The summed E-state index contributed by atoms with van der Waals surface area (Å²) in [7, 11) is 0. The summed E-state index contributed by atoms with van der Waals surface area (Å²) in [5.41, 5.74) is 0. The van der Waals surface area contributed by atoms with Gasteiger partial charge in [0, 0.05) is 19.3 Å². The SMILES string of the molecule is CC/C=C\C/C=C\C/C=C\CCCCCCCC(=O)O[C@@H](COC(=O)CCCCCCCCCCCCC)COC(=O)CCCCCCCCCCCCCC. The molecule has 0 N–H and O–H groups in total. The average Bonchev–Trinajstić information content (AvgIpc) is 3.19. The third-order valence-electron chi connectivity index (χ3n) is 10.4. The molecule has 1 atom stereocenters. The minimum absolute atomic E-state index is 0.0756. The van der Waals surface area contributed by atoms with Crippen LogP contribution >= 0.6 is 0 Å². The number of unbranched alkanes of at least 4 members (excludes halogenated alkanes) is 26. The van der Waals surface area contributed by atoms with Crippen molar-refractivity contribution in [2.45, 2.75) is 252 Å². The average molecular weight is 787 g/mol. The first kappa shape index (κ1) is 53.6. The number of carbonyl (C=O) groups excluding carboxylic acids is 3. The summed E-state index contributed by atoms with van der Waals surface area (Å²) in [6, 6.07) is 0. The summed E-state index contributed by atoms with van der Waals surface area (Å²) in [5, 5.41) is 0. The molecule has 0 fully saturated rings. The van der Waals surface area contributed by atoms with Crippen molar-refractivity contribution in [1.29, 1.82) is 0 Å². The number of hydrogen-bond donors (Lipinski definition) is 0. The molecule has 6 nitrogen and oxygen atoms in total. The summed E-state index contributed by atoms with van der Waals surface area (Å²) in [5.74, 6) is -0.887. The van der Waals surface area contributed by atoms with Crippen molar-refractivity contribution < 1.29 is 28.6 Å². The Labute approximate surface area is 346 Å². The minimum atomic E-state index is -0.774. The smallest absolute Gasteiger partial charge is 0.306 e. The lowest BCUT2D eigenvalue weighted by Crippen LogP contribution is -2.30. The van der Waals surface area contributed by atoms with Gasteiger partial charge in [-0.1, -0.05) is 211 Å². The summed E-state index contributed by atoms with van der Waals surface area (Å²) in [6.07, 6.45) is 51.2. The highest BCUT2D eigenvalue weighted by atomic mass is 16.6. The van der Waals surface area contributed by atoms with E-state index in [1.807, 2.05) is 0 Å². The monoisotopic (exact) mass is 787 g/mol. The van der Waals surface area contributed by atoms with Crippen molar-refractivity contribution in [2.24, 2.45) is 0 Å². The molecule has 0 rings (SSSR count). The predicted molar refractivity (Wildman–Crippen MR) is 238 cm³/mol. The van der Waals surface area contributed by atoms with E-state index < -0.39 is 6.10 Å². The fourth-order valence-electron chi connectivity index (χ4n) is 6.81. The number of esters is 3. The van der Waals surface area contributed by atoms with Gasteiger partial charge in [0.15, 0.2) is 6.10 Å². The molecule has 0 amide bonds. The molecule has 0 aliphatic heterocycles. The molecular weight excluding hydrogens is 697 g/mol. The number of rotatable bonds is 43. The minimum Gasteiger partial charge on any atom is -0.462 e. The third-order valence-corrected chi connectivity index (χ3v) is 10.4. The van der Waals surface area contributed by atoms with Gasteiger partial charge in [0.25, 0.3) is 0 Å². The quantitative estimate of drug-likeness (QED) is 0.0265. The van der Waals surface area contributed by atoms with E-state index in [1.165, 1.54) is 109 Å². The highest BCUT2D eigenvalue weighted by molar-refractivity contribution is 5.71. The van der Waals surface area contributed by atoms with Crippen molar-refractivity contribution >= 4 is 17.9 Å². The fourth-order valence-corrected chi connectivity index (χ4v) is 6.81. The van der Waals surface area contributed by atoms with Gasteiger partial charge in [0.1, 0.15) is 13.2 Å². The summed E-state index contributed by atoms with van der Waals surface area (Å²) in [4.78, 5) is 37.8. The maximum Gasteiger partial charge on any atom is 0.306 e. The highest BCUT2D eigenvalue weighted by Gasteiger charge is 2.19. The molecule has 0 aromatic heterocycles. The standard InChI is InChI=1S/C50H90O6/c1-4-7-10-13-16-19-22-24-25-26-29-32-35-38-41-44-50(53)56-47(45-54-48(51)42-39-36-33-30-27-21-18-15-12-9-6-3)46-55-49(52)43-40-37-34-31-28-23-20-17-14-11-8-5-2/h7,10,16,19,24-25,47H,4-6,8-9,11-15,17-18,20-23,26-46H2,1-3H3/b10-7-,19-16-,25-24-/t47-/m0/s1. The third kappa shape index (κ3) is 42.8. The van der Waals surface area contributed by atoms with E-state index in [-0.39, 0.29) is 31.1 Å². The van der Waals surface area contributed by atoms with E-state index >= 15 is 0 Å². The Morgan fingerprint density at radius 3 is 1.09 bits per heavy atom. The molecule has 0 aliphatic carbocycles. The van der Waals surface area contributed by atoms with E-state index in [2.05, 4.69) is 57.2 Å². The second-order valence-electron chi connectivity index (χ2n) is 16.0. The highest BCUT2D eigenvalue weighted by Crippen LogP contribution is 2.15. The van der Waals surface area contributed by atoms with Crippen LogP contribution in [0.4, 0.5) is 0 Å². The van der Waals surface area contributed by atoms with Gasteiger partial charge in [0.2, 0.25) is 0 Å². The maximum absolute atomic E-state index is 12.7. The van der Waals surface area contributed by atoms with E-state index in [4.69, 9.17) is 14.2 Å². The summed E-state index contributed by atoms with van der Waals surface area (Å²) < 4.78 is 16.7. The maximum atomic E-state index is 12.7. The van der Waals surface area contributed by atoms with Crippen LogP contribution in [0.1, 0.15) is 245 Å². The molecule has 0 saturated heterocycles. The molecule has 0 heterocycles.